The van der Waals surface area contributed by atoms with E-state index in [1.807, 2.05) is 29.8 Å². The summed E-state index contributed by atoms with van der Waals surface area (Å²) in [5.74, 6) is 0.973. The Kier molecular flexibility index (Phi) is 5.21. The average Bonchev–Trinajstić information content (AvgIpc) is 3.34. The van der Waals surface area contributed by atoms with Crippen molar-refractivity contribution < 1.29 is 9.53 Å². The van der Waals surface area contributed by atoms with Gasteiger partial charge in [-0.2, -0.15) is 0 Å². The standard InChI is InChI=1S/C22H22N2O2S/c1-15-5-3-11-23-21(15)19-8-2-6-16-13-17(26-22(16)19)14-24-20(25)10-9-18-7-4-12-27-18/h2-8,11-12,17H,9-10,13-14H2,1H3,(H,24,25)/t17-/m1/s1. The number of aromatic nitrogens is 1. The first-order chi connectivity index (χ1) is 13.2. The van der Waals surface area contributed by atoms with Crippen molar-refractivity contribution in [3.05, 3.63) is 70.0 Å². The van der Waals surface area contributed by atoms with Crippen molar-refractivity contribution in [2.75, 3.05) is 6.54 Å². The molecule has 0 saturated carbocycles. The second-order valence-corrected chi connectivity index (χ2v) is 7.82. The van der Waals surface area contributed by atoms with Crippen LogP contribution in [0, 0.1) is 6.92 Å². The van der Waals surface area contributed by atoms with E-state index in [-0.39, 0.29) is 12.0 Å². The number of rotatable bonds is 6. The van der Waals surface area contributed by atoms with Gasteiger partial charge in [-0.05, 0) is 48.1 Å². The van der Waals surface area contributed by atoms with Crippen LogP contribution >= 0.6 is 11.3 Å². The van der Waals surface area contributed by atoms with Gasteiger partial charge in [0.1, 0.15) is 11.9 Å². The molecule has 138 valence electrons. The number of hydrogen-bond donors (Lipinski definition) is 1. The topological polar surface area (TPSA) is 51.2 Å². The van der Waals surface area contributed by atoms with Crippen LogP contribution in [0.1, 0.15) is 22.4 Å². The molecule has 27 heavy (non-hydrogen) atoms. The van der Waals surface area contributed by atoms with Crippen LogP contribution < -0.4 is 10.1 Å². The van der Waals surface area contributed by atoms with Crippen LogP contribution in [-0.4, -0.2) is 23.5 Å². The van der Waals surface area contributed by atoms with Crippen LogP contribution in [0.25, 0.3) is 11.3 Å². The SMILES string of the molecule is Cc1cccnc1-c1cccc2c1O[C@@H](CNC(=O)CCc1cccs1)C2. The van der Waals surface area contributed by atoms with Gasteiger partial charge in [0.15, 0.2) is 0 Å². The predicted molar refractivity (Wildman–Crippen MR) is 108 cm³/mol. The molecular weight excluding hydrogens is 356 g/mol. The first kappa shape index (κ1) is 17.7. The number of carbonyl (C=O) groups excluding carboxylic acids is 1. The molecule has 1 atom stereocenters. The van der Waals surface area contributed by atoms with Crippen LogP contribution in [0.2, 0.25) is 0 Å². The number of fused-ring (bicyclic) bond motifs is 1. The van der Waals surface area contributed by atoms with Crippen molar-refractivity contribution in [2.45, 2.75) is 32.3 Å². The van der Waals surface area contributed by atoms with Gasteiger partial charge in [0.25, 0.3) is 0 Å². The highest BCUT2D eigenvalue weighted by atomic mass is 32.1. The van der Waals surface area contributed by atoms with Crippen LogP contribution in [0.5, 0.6) is 5.75 Å². The molecule has 0 saturated heterocycles. The molecule has 1 aliphatic rings. The first-order valence-electron chi connectivity index (χ1n) is 9.20. The second-order valence-electron chi connectivity index (χ2n) is 6.79. The zero-order valence-electron chi connectivity index (χ0n) is 15.3. The first-order valence-corrected chi connectivity index (χ1v) is 10.1. The van der Waals surface area contributed by atoms with Gasteiger partial charge in [-0.25, -0.2) is 0 Å². The van der Waals surface area contributed by atoms with Crippen molar-refractivity contribution in [3.8, 4) is 17.0 Å². The summed E-state index contributed by atoms with van der Waals surface area (Å²) in [6.45, 7) is 2.58. The van der Waals surface area contributed by atoms with E-state index in [1.54, 1.807) is 11.3 Å². The highest BCUT2D eigenvalue weighted by Gasteiger charge is 2.26. The van der Waals surface area contributed by atoms with Gasteiger partial charge in [-0.15, -0.1) is 11.3 Å². The number of amides is 1. The highest BCUT2D eigenvalue weighted by Crippen LogP contribution is 2.38. The summed E-state index contributed by atoms with van der Waals surface area (Å²) in [5, 5.41) is 5.06. The Morgan fingerprint density at radius 3 is 3.00 bits per heavy atom. The number of aryl methyl sites for hydroxylation is 2. The van der Waals surface area contributed by atoms with Crippen LogP contribution in [0.4, 0.5) is 0 Å². The minimum Gasteiger partial charge on any atom is -0.487 e. The number of ether oxygens (including phenoxy) is 1. The second kappa shape index (κ2) is 7.92. The molecule has 4 rings (SSSR count). The Balaban J connectivity index is 1.38. The van der Waals surface area contributed by atoms with E-state index >= 15 is 0 Å². The molecule has 1 amide bonds. The largest absolute Gasteiger partial charge is 0.487 e. The molecule has 0 bridgehead atoms. The molecule has 3 aromatic rings. The van der Waals surface area contributed by atoms with Gasteiger partial charge in [0.2, 0.25) is 5.91 Å². The molecule has 0 radical (unpaired) electrons. The van der Waals surface area contributed by atoms with Crippen LogP contribution in [0.3, 0.4) is 0 Å². The van der Waals surface area contributed by atoms with Crippen molar-refractivity contribution in [1.29, 1.82) is 0 Å². The van der Waals surface area contributed by atoms with E-state index in [4.69, 9.17) is 4.74 Å². The molecule has 4 nitrogen and oxygen atoms in total. The summed E-state index contributed by atoms with van der Waals surface area (Å²) in [4.78, 5) is 17.9. The van der Waals surface area contributed by atoms with Gasteiger partial charge in [0.05, 0.1) is 12.2 Å². The Bertz CT molecular complexity index is 937. The van der Waals surface area contributed by atoms with Gasteiger partial charge < -0.3 is 10.1 Å². The monoisotopic (exact) mass is 378 g/mol. The molecule has 0 aliphatic carbocycles. The third-order valence-electron chi connectivity index (χ3n) is 4.80. The van der Waals surface area contributed by atoms with E-state index in [2.05, 4.69) is 41.5 Å². The van der Waals surface area contributed by atoms with Crippen molar-refractivity contribution in [3.63, 3.8) is 0 Å². The summed E-state index contributed by atoms with van der Waals surface area (Å²) in [5.41, 5.74) is 4.28. The molecular formula is C22H22N2O2S. The molecule has 1 aromatic carbocycles. The lowest BCUT2D eigenvalue weighted by molar-refractivity contribution is -0.121. The smallest absolute Gasteiger partial charge is 0.220 e. The molecule has 1 N–H and O–H groups in total. The van der Waals surface area contributed by atoms with Gasteiger partial charge in [-0.1, -0.05) is 24.3 Å². The summed E-state index contributed by atoms with van der Waals surface area (Å²) < 4.78 is 6.20. The number of carbonyl (C=O) groups is 1. The molecule has 5 heteroatoms. The lowest BCUT2D eigenvalue weighted by atomic mass is 10.0. The number of hydrogen-bond acceptors (Lipinski definition) is 4. The molecule has 0 spiro atoms. The maximum Gasteiger partial charge on any atom is 0.220 e. The van der Waals surface area contributed by atoms with Gasteiger partial charge >= 0.3 is 0 Å². The average molecular weight is 378 g/mol. The molecule has 0 unspecified atom stereocenters. The Morgan fingerprint density at radius 1 is 1.26 bits per heavy atom. The quantitative estimate of drug-likeness (QED) is 0.700. The maximum absolute atomic E-state index is 12.1. The maximum atomic E-state index is 12.1. The van der Waals surface area contributed by atoms with E-state index in [9.17, 15) is 4.79 Å². The third-order valence-corrected chi connectivity index (χ3v) is 5.73. The van der Waals surface area contributed by atoms with Gasteiger partial charge in [-0.3, -0.25) is 9.78 Å². The molecule has 2 aromatic heterocycles. The molecule has 3 heterocycles. The van der Waals surface area contributed by atoms with Crippen LogP contribution in [-0.2, 0) is 17.6 Å². The normalized spacial score (nSPS) is 15.2. The highest BCUT2D eigenvalue weighted by molar-refractivity contribution is 7.09. The van der Waals surface area contributed by atoms with Crippen molar-refractivity contribution in [1.82, 2.24) is 10.3 Å². The summed E-state index contributed by atoms with van der Waals surface area (Å²) in [6.07, 6.45) is 3.88. The zero-order chi connectivity index (χ0) is 18.6. The Hall–Kier alpha value is -2.66. The number of para-hydroxylation sites is 1. The van der Waals surface area contributed by atoms with E-state index in [0.717, 1.165) is 35.4 Å². The fourth-order valence-electron chi connectivity index (χ4n) is 3.41. The fraction of sp³-hybridized carbons (Fsp3) is 0.273. The lowest BCUT2D eigenvalue weighted by Gasteiger charge is -2.14. The third kappa shape index (κ3) is 4.03. The minimum absolute atomic E-state index is 0.0316. The van der Waals surface area contributed by atoms with Gasteiger partial charge in [0, 0.05) is 29.5 Å². The van der Waals surface area contributed by atoms with Crippen molar-refractivity contribution >= 4 is 17.2 Å². The summed E-state index contributed by atoms with van der Waals surface area (Å²) in [7, 11) is 0. The summed E-state index contributed by atoms with van der Waals surface area (Å²) >= 11 is 1.69. The number of thiophene rings is 1. The Labute approximate surface area is 163 Å². The van der Waals surface area contributed by atoms with E-state index < -0.39 is 0 Å². The van der Waals surface area contributed by atoms with Crippen LogP contribution in [0.15, 0.2) is 54.0 Å². The number of pyridine rings is 1. The number of nitrogens with one attached hydrogen (secondary N) is 1. The van der Waals surface area contributed by atoms with E-state index in [0.29, 0.717) is 13.0 Å². The fourth-order valence-corrected chi connectivity index (χ4v) is 4.12. The predicted octanol–water partition coefficient (Wildman–Crippen LogP) is 4.17. The Morgan fingerprint density at radius 2 is 2.19 bits per heavy atom. The number of nitrogens with zero attached hydrogens (tertiary/aromatic N) is 1. The zero-order valence-corrected chi connectivity index (χ0v) is 16.1. The molecule has 1 aliphatic heterocycles. The van der Waals surface area contributed by atoms with E-state index in [1.165, 1.54) is 10.4 Å². The van der Waals surface area contributed by atoms with Crippen molar-refractivity contribution in [2.24, 2.45) is 0 Å². The summed E-state index contributed by atoms with van der Waals surface area (Å²) in [6, 6.07) is 14.3. The number of benzene rings is 1. The minimum atomic E-state index is -0.0316. The lowest BCUT2D eigenvalue weighted by Crippen LogP contribution is -2.34. The molecule has 0 fully saturated rings.